The number of nitrogens with one attached hydrogen (secondary N) is 1. The molecule has 2 atom stereocenters. The van der Waals surface area contributed by atoms with Gasteiger partial charge in [-0.25, -0.2) is 13.1 Å². The maximum absolute atomic E-state index is 12.4. The molecule has 1 saturated carbocycles. The first kappa shape index (κ1) is 15.8. The van der Waals surface area contributed by atoms with E-state index in [4.69, 9.17) is 5.73 Å². The number of hydrogen-bond donors (Lipinski definition) is 2. The number of rotatable bonds is 4. The lowest BCUT2D eigenvalue weighted by molar-refractivity contribution is 0.498. The predicted octanol–water partition coefficient (Wildman–Crippen LogP) is 3.05. The van der Waals surface area contributed by atoms with Crippen molar-refractivity contribution in [2.24, 2.45) is 11.8 Å². The summed E-state index contributed by atoms with van der Waals surface area (Å²) >= 11 is 3.31. The molecule has 1 aliphatic rings. The number of benzene rings is 1. The van der Waals surface area contributed by atoms with Crippen LogP contribution in [0.5, 0.6) is 0 Å². The van der Waals surface area contributed by atoms with E-state index in [0.717, 1.165) is 17.3 Å². The molecule has 1 fully saturated rings. The van der Waals surface area contributed by atoms with E-state index in [-0.39, 0.29) is 4.90 Å². The van der Waals surface area contributed by atoms with Crippen molar-refractivity contribution in [3.8, 4) is 0 Å². The number of nitrogen functional groups attached to an aromatic ring is 1. The van der Waals surface area contributed by atoms with Crippen molar-refractivity contribution < 1.29 is 8.42 Å². The molecule has 0 aromatic heterocycles. The second-order valence-corrected chi connectivity index (χ2v) is 8.37. The van der Waals surface area contributed by atoms with E-state index in [1.807, 2.05) is 0 Å². The van der Waals surface area contributed by atoms with Crippen molar-refractivity contribution in [3.05, 3.63) is 22.2 Å². The number of hydrogen-bond acceptors (Lipinski definition) is 3. The summed E-state index contributed by atoms with van der Waals surface area (Å²) in [6, 6.07) is 3.25. The predicted molar refractivity (Wildman–Crippen MR) is 85.0 cm³/mol. The van der Waals surface area contributed by atoms with Gasteiger partial charge in [0.05, 0.1) is 4.90 Å². The molecule has 4 nitrogen and oxygen atoms in total. The van der Waals surface area contributed by atoms with Gasteiger partial charge in [-0.2, -0.15) is 0 Å². The van der Waals surface area contributed by atoms with Crippen LogP contribution in [0.15, 0.2) is 21.5 Å². The lowest BCUT2D eigenvalue weighted by atomic mass is 10.1. The Morgan fingerprint density at radius 1 is 1.40 bits per heavy atom. The smallest absolute Gasteiger partial charge is 0.240 e. The molecule has 1 aliphatic carbocycles. The maximum Gasteiger partial charge on any atom is 0.240 e. The Morgan fingerprint density at radius 2 is 2.10 bits per heavy atom. The van der Waals surface area contributed by atoms with E-state index >= 15 is 0 Å². The van der Waals surface area contributed by atoms with Crippen LogP contribution in [0.3, 0.4) is 0 Å². The van der Waals surface area contributed by atoms with Crippen molar-refractivity contribution in [1.29, 1.82) is 0 Å². The Balaban J connectivity index is 2.12. The molecule has 0 saturated heterocycles. The highest BCUT2D eigenvalue weighted by atomic mass is 79.9. The minimum Gasteiger partial charge on any atom is -0.398 e. The molecular formula is C14H21BrN2O2S. The van der Waals surface area contributed by atoms with E-state index in [9.17, 15) is 8.42 Å². The molecule has 1 aromatic rings. The van der Waals surface area contributed by atoms with Gasteiger partial charge < -0.3 is 5.73 Å². The van der Waals surface area contributed by atoms with Crippen molar-refractivity contribution >= 4 is 31.6 Å². The SMILES string of the molecule is Cc1cc(Br)c(N)cc1S(=O)(=O)NCC1CCC(C)C1. The van der Waals surface area contributed by atoms with Gasteiger partial charge in [-0.1, -0.05) is 13.3 Å². The number of halogens is 1. The van der Waals surface area contributed by atoms with Crippen LogP contribution < -0.4 is 10.5 Å². The van der Waals surface area contributed by atoms with Gasteiger partial charge in [-0.05, 0) is 65.2 Å². The van der Waals surface area contributed by atoms with Crippen molar-refractivity contribution in [1.82, 2.24) is 4.72 Å². The molecule has 0 amide bonds. The third-order valence-electron chi connectivity index (χ3n) is 3.95. The topological polar surface area (TPSA) is 72.2 Å². The van der Waals surface area contributed by atoms with Gasteiger partial charge >= 0.3 is 0 Å². The molecule has 0 aliphatic heterocycles. The summed E-state index contributed by atoms with van der Waals surface area (Å²) in [6.07, 6.45) is 3.39. The third kappa shape index (κ3) is 3.54. The first-order valence-corrected chi connectivity index (χ1v) is 9.12. The summed E-state index contributed by atoms with van der Waals surface area (Å²) in [5, 5.41) is 0. The zero-order valence-corrected chi connectivity index (χ0v) is 14.2. The number of anilines is 1. The lowest BCUT2D eigenvalue weighted by Crippen LogP contribution is -2.29. The van der Waals surface area contributed by atoms with Gasteiger partial charge in [0.25, 0.3) is 0 Å². The fourth-order valence-electron chi connectivity index (χ4n) is 2.77. The maximum atomic E-state index is 12.4. The zero-order valence-electron chi connectivity index (χ0n) is 11.8. The average Bonchev–Trinajstić information content (AvgIpc) is 2.77. The van der Waals surface area contributed by atoms with Gasteiger partial charge in [0.1, 0.15) is 0 Å². The largest absolute Gasteiger partial charge is 0.398 e. The van der Waals surface area contributed by atoms with Gasteiger partial charge in [0.15, 0.2) is 0 Å². The second kappa shape index (κ2) is 6.03. The van der Waals surface area contributed by atoms with Crippen LogP contribution in [0.4, 0.5) is 5.69 Å². The Bertz CT molecular complexity index is 601. The molecule has 1 aromatic carbocycles. The monoisotopic (exact) mass is 360 g/mol. The van der Waals surface area contributed by atoms with Gasteiger partial charge in [0, 0.05) is 16.7 Å². The van der Waals surface area contributed by atoms with Crippen LogP contribution in [0.1, 0.15) is 31.7 Å². The van der Waals surface area contributed by atoms with Gasteiger partial charge in [-0.3, -0.25) is 0 Å². The van der Waals surface area contributed by atoms with Crippen molar-refractivity contribution in [3.63, 3.8) is 0 Å². The fraction of sp³-hybridized carbons (Fsp3) is 0.571. The Morgan fingerprint density at radius 3 is 2.70 bits per heavy atom. The summed E-state index contributed by atoms with van der Waals surface area (Å²) in [4.78, 5) is 0.268. The van der Waals surface area contributed by atoms with Crippen LogP contribution in [0, 0.1) is 18.8 Å². The van der Waals surface area contributed by atoms with E-state index in [0.29, 0.717) is 29.6 Å². The number of sulfonamides is 1. The molecular weight excluding hydrogens is 340 g/mol. The normalized spacial score (nSPS) is 23.1. The lowest BCUT2D eigenvalue weighted by Gasteiger charge is -2.14. The highest BCUT2D eigenvalue weighted by Crippen LogP contribution is 2.30. The average molecular weight is 361 g/mol. The Hall–Kier alpha value is -0.590. The standard InChI is InChI=1S/C14H21BrN2O2S/c1-9-3-4-11(5-9)8-17-20(18,19)14-7-13(16)12(15)6-10(14)2/h6-7,9,11,17H,3-5,8,16H2,1-2H3. The molecule has 0 spiro atoms. The summed E-state index contributed by atoms with van der Waals surface area (Å²) < 4.78 is 28.2. The third-order valence-corrected chi connectivity index (χ3v) is 6.20. The van der Waals surface area contributed by atoms with Crippen molar-refractivity contribution in [2.45, 2.75) is 38.0 Å². The molecule has 6 heteroatoms. The number of aryl methyl sites for hydroxylation is 1. The highest BCUT2D eigenvalue weighted by molar-refractivity contribution is 9.10. The van der Waals surface area contributed by atoms with E-state index < -0.39 is 10.0 Å². The number of nitrogens with two attached hydrogens (primary N) is 1. The molecule has 3 N–H and O–H groups in total. The van der Waals surface area contributed by atoms with Crippen LogP contribution in [-0.2, 0) is 10.0 Å². The summed E-state index contributed by atoms with van der Waals surface area (Å²) in [6.45, 7) is 4.51. The van der Waals surface area contributed by atoms with E-state index in [1.165, 1.54) is 12.5 Å². The Labute approximate surface area is 129 Å². The molecule has 2 unspecified atom stereocenters. The fourth-order valence-corrected chi connectivity index (χ4v) is 4.61. The minimum atomic E-state index is -3.49. The molecule has 2 rings (SSSR count). The molecule has 0 heterocycles. The molecule has 112 valence electrons. The van der Waals surface area contributed by atoms with E-state index in [1.54, 1.807) is 13.0 Å². The van der Waals surface area contributed by atoms with Crippen LogP contribution >= 0.6 is 15.9 Å². The van der Waals surface area contributed by atoms with E-state index in [2.05, 4.69) is 27.6 Å². The van der Waals surface area contributed by atoms with Gasteiger partial charge in [-0.15, -0.1) is 0 Å². The first-order valence-electron chi connectivity index (χ1n) is 6.85. The molecule has 0 bridgehead atoms. The summed E-state index contributed by atoms with van der Waals surface area (Å²) in [5.74, 6) is 1.16. The second-order valence-electron chi connectivity index (χ2n) is 5.78. The van der Waals surface area contributed by atoms with Crippen LogP contribution in [0.2, 0.25) is 0 Å². The van der Waals surface area contributed by atoms with Gasteiger partial charge in [0.2, 0.25) is 10.0 Å². The molecule has 20 heavy (non-hydrogen) atoms. The summed E-state index contributed by atoms with van der Waals surface area (Å²) in [5.41, 5.74) is 6.91. The first-order chi connectivity index (χ1) is 9.29. The van der Waals surface area contributed by atoms with Crippen LogP contribution in [0.25, 0.3) is 0 Å². The zero-order chi connectivity index (χ0) is 14.9. The Kier molecular flexibility index (Phi) is 4.76. The summed E-state index contributed by atoms with van der Waals surface area (Å²) in [7, 11) is -3.49. The molecule has 0 radical (unpaired) electrons. The van der Waals surface area contributed by atoms with Crippen molar-refractivity contribution in [2.75, 3.05) is 12.3 Å². The van der Waals surface area contributed by atoms with Crippen LogP contribution in [-0.4, -0.2) is 15.0 Å². The highest BCUT2D eigenvalue weighted by Gasteiger charge is 2.24. The minimum absolute atomic E-state index is 0.268. The quantitative estimate of drug-likeness (QED) is 0.810.